The molecular weight excluding hydrogens is 208 g/mol. The second-order valence-electron chi connectivity index (χ2n) is 5.17. The van der Waals surface area contributed by atoms with Gasteiger partial charge in [0, 0.05) is 6.54 Å². The molecule has 94 valence electrons. The lowest BCUT2D eigenvalue weighted by Crippen LogP contribution is -2.54. The van der Waals surface area contributed by atoms with Crippen molar-refractivity contribution in [1.82, 2.24) is 4.90 Å². The van der Waals surface area contributed by atoms with Gasteiger partial charge in [-0.1, -0.05) is 0 Å². The van der Waals surface area contributed by atoms with E-state index in [4.69, 9.17) is 15.2 Å². The molecule has 1 aliphatic heterocycles. The van der Waals surface area contributed by atoms with E-state index in [2.05, 4.69) is 0 Å². The van der Waals surface area contributed by atoms with Crippen molar-refractivity contribution in [2.75, 3.05) is 19.7 Å². The summed E-state index contributed by atoms with van der Waals surface area (Å²) < 4.78 is 10.8. The summed E-state index contributed by atoms with van der Waals surface area (Å²) >= 11 is 0. The standard InChI is InChI=1S/C11H22N2O3/c1-8-7-15-9(5-12)6-13(8)10(14)16-11(2,3)4/h8-9H,5-7,12H2,1-4H3. The molecule has 0 aromatic carbocycles. The maximum Gasteiger partial charge on any atom is 0.410 e. The van der Waals surface area contributed by atoms with Gasteiger partial charge in [-0.25, -0.2) is 4.79 Å². The Balaban J connectivity index is 2.59. The minimum atomic E-state index is -0.465. The van der Waals surface area contributed by atoms with Gasteiger partial charge in [0.2, 0.25) is 0 Å². The Bertz CT molecular complexity index is 250. The minimum Gasteiger partial charge on any atom is -0.444 e. The number of amides is 1. The van der Waals surface area contributed by atoms with Crippen molar-refractivity contribution < 1.29 is 14.3 Å². The molecule has 1 heterocycles. The van der Waals surface area contributed by atoms with Crippen LogP contribution in [0.2, 0.25) is 0 Å². The number of ether oxygens (including phenoxy) is 2. The Labute approximate surface area is 96.9 Å². The molecular formula is C11H22N2O3. The topological polar surface area (TPSA) is 64.8 Å². The monoisotopic (exact) mass is 230 g/mol. The third-order valence-electron chi connectivity index (χ3n) is 2.40. The first-order chi connectivity index (χ1) is 7.33. The van der Waals surface area contributed by atoms with E-state index in [0.29, 0.717) is 19.7 Å². The van der Waals surface area contributed by atoms with Gasteiger partial charge >= 0.3 is 6.09 Å². The molecule has 5 heteroatoms. The van der Waals surface area contributed by atoms with E-state index in [1.54, 1.807) is 4.90 Å². The fourth-order valence-electron chi connectivity index (χ4n) is 1.53. The van der Waals surface area contributed by atoms with Crippen LogP contribution in [0.4, 0.5) is 4.79 Å². The normalized spacial score (nSPS) is 26.7. The van der Waals surface area contributed by atoms with Crippen LogP contribution in [0.1, 0.15) is 27.7 Å². The summed E-state index contributed by atoms with van der Waals surface area (Å²) in [5.74, 6) is 0. The number of nitrogens with zero attached hydrogens (tertiary/aromatic N) is 1. The lowest BCUT2D eigenvalue weighted by molar-refractivity contribution is -0.0617. The van der Waals surface area contributed by atoms with Gasteiger partial charge < -0.3 is 20.1 Å². The number of hydrogen-bond acceptors (Lipinski definition) is 4. The second-order valence-corrected chi connectivity index (χ2v) is 5.17. The first-order valence-electron chi connectivity index (χ1n) is 5.65. The predicted octanol–water partition coefficient (Wildman–Crippen LogP) is 0.969. The summed E-state index contributed by atoms with van der Waals surface area (Å²) in [5.41, 5.74) is 5.07. The smallest absolute Gasteiger partial charge is 0.410 e. The van der Waals surface area contributed by atoms with E-state index in [1.165, 1.54) is 0 Å². The highest BCUT2D eigenvalue weighted by atomic mass is 16.6. The highest BCUT2D eigenvalue weighted by Crippen LogP contribution is 2.16. The summed E-state index contributed by atoms with van der Waals surface area (Å²) in [6.45, 7) is 8.96. The fraction of sp³-hybridized carbons (Fsp3) is 0.909. The summed E-state index contributed by atoms with van der Waals surface area (Å²) in [7, 11) is 0. The van der Waals surface area contributed by atoms with Gasteiger partial charge in [-0.05, 0) is 27.7 Å². The zero-order valence-electron chi connectivity index (χ0n) is 10.5. The van der Waals surface area contributed by atoms with Gasteiger partial charge in [-0.2, -0.15) is 0 Å². The molecule has 0 aliphatic carbocycles. The van der Waals surface area contributed by atoms with Gasteiger partial charge in [0.25, 0.3) is 0 Å². The molecule has 16 heavy (non-hydrogen) atoms. The molecule has 0 aromatic rings. The zero-order chi connectivity index (χ0) is 12.3. The maximum atomic E-state index is 11.9. The molecule has 2 atom stereocenters. The van der Waals surface area contributed by atoms with Gasteiger partial charge in [0.05, 0.1) is 25.3 Å². The van der Waals surface area contributed by atoms with Crippen molar-refractivity contribution in [3.63, 3.8) is 0 Å². The van der Waals surface area contributed by atoms with E-state index in [0.717, 1.165) is 0 Å². The molecule has 0 aromatic heterocycles. The van der Waals surface area contributed by atoms with Crippen LogP contribution >= 0.6 is 0 Å². The first-order valence-corrected chi connectivity index (χ1v) is 5.65. The highest BCUT2D eigenvalue weighted by Gasteiger charge is 2.31. The quantitative estimate of drug-likeness (QED) is 0.729. The Morgan fingerprint density at radius 2 is 2.19 bits per heavy atom. The van der Waals surface area contributed by atoms with Crippen molar-refractivity contribution in [3.05, 3.63) is 0 Å². The minimum absolute atomic E-state index is 0.0395. The van der Waals surface area contributed by atoms with Gasteiger partial charge in [0.15, 0.2) is 0 Å². The third kappa shape index (κ3) is 3.64. The van der Waals surface area contributed by atoms with Crippen molar-refractivity contribution >= 4 is 6.09 Å². The van der Waals surface area contributed by atoms with E-state index in [9.17, 15) is 4.79 Å². The molecule has 1 amide bonds. The van der Waals surface area contributed by atoms with Crippen LogP contribution in [0.5, 0.6) is 0 Å². The number of hydrogen-bond donors (Lipinski definition) is 1. The predicted molar refractivity (Wildman–Crippen MR) is 61.2 cm³/mol. The first kappa shape index (κ1) is 13.3. The maximum absolute atomic E-state index is 11.9. The molecule has 0 spiro atoms. The average molecular weight is 230 g/mol. The Morgan fingerprint density at radius 3 is 2.69 bits per heavy atom. The van der Waals surface area contributed by atoms with Crippen LogP contribution in [-0.4, -0.2) is 48.4 Å². The number of rotatable bonds is 1. The van der Waals surface area contributed by atoms with E-state index >= 15 is 0 Å². The van der Waals surface area contributed by atoms with Crippen LogP contribution < -0.4 is 5.73 Å². The summed E-state index contributed by atoms with van der Waals surface area (Å²) in [5, 5.41) is 0. The third-order valence-corrected chi connectivity index (χ3v) is 2.40. The Morgan fingerprint density at radius 1 is 1.56 bits per heavy atom. The van der Waals surface area contributed by atoms with E-state index in [-0.39, 0.29) is 18.2 Å². The SMILES string of the molecule is CC1COC(CN)CN1C(=O)OC(C)(C)C. The summed E-state index contributed by atoms with van der Waals surface area (Å²) in [4.78, 5) is 13.6. The number of carbonyl (C=O) groups excluding carboxylic acids is 1. The summed E-state index contributed by atoms with van der Waals surface area (Å²) in [6, 6.07) is 0.0395. The van der Waals surface area contributed by atoms with Crippen LogP contribution in [0.25, 0.3) is 0 Å². The molecule has 1 fully saturated rings. The molecule has 1 rings (SSSR count). The Kier molecular flexibility index (Phi) is 4.15. The van der Waals surface area contributed by atoms with E-state index in [1.807, 2.05) is 27.7 Å². The molecule has 0 saturated carbocycles. The van der Waals surface area contributed by atoms with Crippen molar-refractivity contribution in [2.45, 2.75) is 45.4 Å². The zero-order valence-corrected chi connectivity index (χ0v) is 10.5. The lowest BCUT2D eigenvalue weighted by atomic mass is 10.2. The van der Waals surface area contributed by atoms with Crippen LogP contribution in [0.3, 0.4) is 0 Å². The fourth-order valence-corrected chi connectivity index (χ4v) is 1.53. The lowest BCUT2D eigenvalue weighted by Gasteiger charge is -2.38. The molecule has 5 nitrogen and oxygen atoms in total. The molecule has 1 saturated heterocycles. The van der Waals surface area contributed by atoms with E-state index < -0.39 is 5.60 Å². The molecule has 2 N–H and O–H groups in total. The second kappa shape index (κ2) is 5.01. The molecule has 1 aliphatic rings. The van der Waals surface area contributed by atoms with Gasteiger partial charge in [-0.15, -0.1) is 0 Å². The number of nitrogens with two attached hydrogens (primary N) is 1. The summed E-state index contributed by atoms with van der Waals surface area (Å²) in [6.07, 6.45) is -0.370. The molecule has 2 unspecified atom stereocenters. The number of carbonyl (C=O) groups is 1. The largest absolute Gasteiger partial charge is 0.444 e. The van der Waals surface area contributed by atoms with Gasteiger partial charge in [0.1, 0.15) is 5.60 Å². The molecule has 0 bridgehead atoms. The Hall–Kier alpha value is -0.810. The highest BCUT2D eigenvalue weighted by molar-refractivity contribution is 5.68. The van der Waals surface area contributed by atoms with Crippen LogP contribution in [0.15, 0.2) is 0 Å². The van der Waals surface area contributed by atoms with Crippen molar-refractivity contribution in [3.8, 4) is 0 Å². The van der Waals surface area contributed by atoms with Crippen LogP contribution in [0, 0.1) is 0 Å². The van der Waals surface area contributed by atoms with Crippen LogP contribution in [-0.2, 0) is 9.47 Å². The van der Waals surface area contributed by atoms with Crippen molar-refractivity contribution in [2.24, 2.45) is 5.73 Å². The van der Waals surface area contributed by atoms with Gasteiger partial charge in [-0.3, -0.25) is 0 Å². The molecule has 0 radical (unpaired) electrons. The van der Waals surface area contributed by atoms with Crippen molar-refractivity contribution in [1.29, 1.82) is 0 Å². The average Bonchev–Trinajstić information content (AvgIpc) is 2.15. The number of morpholine rings is 1.